The number of hydrogen-bond acceptors (Lipinski definition) is 4. The van der Waals surface area contributed by atoms with E-state index in [1.165, 1.54) is 18.9 Å². The second kappa shape index (κ2) is 11.0. The van der Waals surface area contributed by atoms with Crippen LogP contribution in [0.15, 0.2) is 23.2 Å². The number of nitrogens with zero attached hydrogens (tertiary/aromatic N) is 1. The molecular formula is C19H30FN3O3. The molecule has 1 aliphatic carbocycles. The molecule has 0 aliphatic heterocycles. The van der Waals surface area contributed by atoms with Crippen LogP contribution in [-0.4, -0.2) is 53.1 Å². The zero-order valence-corrected chi connectivity index (χ0v) is 15.9. The van der Waals surface area contributed by atoms with Gasteiger partial charge in [-0.3, -0.25) is 4.99 Å². The topological polar surface area (TPSA) is 64.1 Å². The van der Waals surface area contributed by atoms with Crippen LogP contribution < -0.4 is 15.4 Å². The van der Waals surface area contributed by atoms with Gasteiger partial charge in [0.05, 0.1) is 32.5 Å². The zero-order chi connectivity index (χ0) is 18.8. The van der Waals surface area contributed by atoms with E-state index in [4.69, 9.17) is 14.2 Å². The second-order valence-electron chi connectivity index (χ2n) is 6.41. The Bertz CT molecular complexity index is 579. The largest absolute Gasteiger partial charge is 0.490 e. The van der Waals surface area contributed by atoms with Crippen molar-refractivity contribution in [1.82, 2.24) is 10.6 Å². The summed E-state index contributed by atoms with van der Waals surface area (Å²) >= 11 is 0. The van der Waals surface area contributed by atoms with Crippen LogP contribution in [0.4, 0.5) is 4.39 Å². The number of methoxy groups -OCH3 is 1. The first kappa shape index (κ1) is 20.5. The second-order valence-corrected chi connectivity index (χ2v) is 6.41. The minimum Gasteiger partial charge on any atom is -0.490 e. The summed E-state index contributed by atoms with van der Waals surface area (Å²) in [4.78, 5) is 4.18. The van der Waals surface area contributed by atoms with Crippen LogP contribution in [0.2, 0.25) is 0 Å². The van der Waals surface area contributed by atoms with Crippen molar-refractivity contribution in [2.75, 3.05) is 47.1 Å². The summed E-state index contributed by atoms with van der Waals surface area (Å²) < 4.78 is 30.1. The number of benzene rings is 1. The van der Waals surface area contributed by atoms with Crippen molar-refractivity contribution < 1.29 is 18.6 Å². The summed E-state index contributed by atoms with van der Waals surface area (Å²) in [5, 5.41) is 6.41. The van der Waals surface area contributed by atoms with E-state index in [1.807, 2.05) is 13.0 Å². The first-order valence-electron chi connectivity index (χ1n) is 9.10. The van der Waals surface area contributed by atoms with Gasteiger partial charge in [0.2, 0.25) is 0 Å². The summed E-state index contributed by atoms with van der Waals surface area (Å²) in [7, 11) is 3.34. The Morgan fingerprint density at radius 1 is 1.31 bits per heavy atom. The van der Waals surface area contributed by atoms with E-state index in [2.05, 4.69) is 15.6 Å². The molecule has 7 heteroatoms. The molecule has 1 atom stereocenters. The maximum absolute atomic E-state index is 14.2. The maximum atomic E-state index is 14.2. The van der Waals surface area contributed by atoms with Crippen molar-refractivity contribution in [1.29, 1.82) is 0 Å². The molecule has 1 aromatic carbocycles. The lowest BCUT2D eigenvalue weighted by Gasteiger charge is -2.19. The van der Waals surface area contributed by atoms with Crippen LogP contribution in [-0.2, 0) is 9.47 Å². The Balaban J connectivity index is 1.77. The Kier molecular flexibility index (Phi) is 8.64. The third-order valence-electron chi connectivity index (χ3n) is 4.17. The van der Waals surface area contributed by atoms with Gasteiger partial charge in [0.15, 0.2) is 17.5 Å². The van der Waals surface area contributed by atoms with Gasteiger partial charge >= 0.3 is 0 Å². The van der Waals surface area contributed by atoms with Crippen molar-refractivity contribution in [3.05, 3.63) is 29.6 Å². The van der Waals surface area contributed by atoms with E-state index in [0.29, 0.717) is 50.6 Å². The third kappa shape index (κ3) is 7.17. The molecule has 1 aromatic rings. The van der Waals surface area contributed by atoms with Crippen LogP contribution in [0.3, 0.4) is 0 Å². The molecule has 1 unspecified atom stereocenters. The Morgan fingerprint density at radius 3 is 2.77 bits per heavy atom. The van der Waals surface area contributed by atoms with E-state index < -0.39 is 0 Å². The monoisotopic (exact) mass is 367 g/mol. The Hall–Kier alpha value is -1.86. The third-order valence-corrected chi connectivity index (χ3v) is 4.17. The number of aliphatic imine (C=N–C) groups is 1. The predicted molar refractivity (Wildman–Crippen MR) is 100 cm³/mol. The van der Waals surface area contributed by atoms with E-state index >= 15 is 0 Å². The molecule has 0 radical (unpaired) electrons. The van der Waals surface area contributed by atoms with Crippen molar-refractivity contribution in [2.45, 2.75) is 25.8 Å². The average molecular weight is 367 g/mol. The highest BCUT2D eigenvalue weighted by Crippen LogP contribution is 2.30. The van der Waals surface area contributed by atoms with E-state index in [0.717, 1.165) is 5.56 Å². The summed E-state index contributed by atoms with van der Waals surface area (Å²) in [6.45, 7) is 4.89. The van der Waals surface area contributed by atoms with Gasteiger partial charge in [-0.2, -0.15) is 0 Å². The molecule has 0 amide bonds. The predicted octanol–water partition coefficient (Wildman–Crippen LogP) is 2.50. The van der Waals surface area contributed by atoms with Gasteiger partial charge in [-0.25, -0.2) is 4.39 Å². The van der Waals surface area contributed by atoms with Gasteiger partial charge in [0.1, 0.15) is 0 Å². The van der Waals surface area contributed by atoms with E-state index in [9.17, 15) is 4.39 Å². The van der Waals surface area contributed by atoms with E-state index in [1.54, 1.807) is 20.2 Å². The van der Waals surface area contributed by atoms with Crippen molar-refractivity contribution in [3.8, 4) is 5.75 Å². The number of nitrogens with one attached hydrogen (secondary N) is 2. The molecule has 6 nitrogen and oxygen atoms in total. The quantitative estimate of drug-likeness (QED) is 0.357. The highest BCUT2D eigenvalue weighted by Gasteiger charge is 2.22. The lowest BCUT2D eigenvalue weighted by atomic mass is 10.1. The molecule has 0 spiro atoms. The lowest BCUT2D eigenvalue weighted by Crippen LogP contribution is -2.40. The first-order chi connectivity index (χ1) is 12.6. The summed E-state index contributed by atoms with van der Waals surface area (Å²) in [5.74, 6) is 1.24. The fourth-order valence-corrected chi connectivity index (χ4v) is 2.36. The van der Waals surface area contributed by atoms with Crippen LogP contribution in [0, 0.1) is 11.7 Å². The molecule has 146 valence electrons. The molecule has 0 heterocycles. The maximum Gasteiger partial charge on any atom is 0.191 e. The minimum atomic E-state index is -0.328. The summed E-state index contributed by atoms with van der Waals surface area (Å²) in [6, 6.07) is 5.00. The average Bonchev–Trinajstić information content (AvgIpc) is 3.46. The van der Waals surface area contributed by atoms with Crippen molar-refractivity contribution in [2.24, 2.45) is 10.9 Å². The van der Waals surface area contributed by atoms with Crippen LogP contribution >= 0.6 is 0 Å². The summed E-state index contributed by atoms with van der Waals surface area (Å²) in [5.41, 5.74) is 0.834. The molecule has 1 saturated carbocycles. The Morgan fingerprint density at radius 2 is 2.12 bits per heavy atom. The minimum absolute atomic E-state index is 0.0948. The number of rotatable bonds is 11. The molecule has 0 aromatic heterocycles. The van der Waals surface area contributed by atoms with Crippen LogP contribution in [0.5, 0.6) is 5.75 Å². The smallest absolute Gasteiger partial charge is 0.191 e. The Labute approximate surface area is 155 Å². The van der Waals surface area contributed by atoms with Gasteiger partial charge in [0, 0.05) is 20.7 Å². The molecular weight excluding hydrogens is 337 g/mol. The number of hydrogen-bond donors (Lipinski definition) is 2. The molecule has 2 rings (SSSR count). The normalized spacial score (nSPS) is 15.6. The van der Waals surface area contributed by atoms with Gasteiger partial charge in [-0.15, -0.1) is 0 Å². The van der Waals surface area contributed by atoms with Gasteiger partial charge < -0.3 is 24.8 Å². The number of guanidine groups is 1. The fourth-order valence-electron chi connectivity index (χ4n) is 2.36. The number of ether oxygens (including phenoxy) is 3. The molecule has 0 saturated heterocycles. The SMILES string of the molecule is CN=C(NCCOCCOC)NC(C)c1ccc(OCC2CC2)c(F)c1. The molecule has 0 bridgehead atoms. The van der Waals surface area contributed by atoms with Crippen molar-refractivity contribution in [3.63, 3.8) is 0 Å². The van der Waals surface area contributed by atoms with Gasteiger partial charge in [-0.1, -0.05) is 6.07 Å². The molecule has 2 N–H and O–H groups in total. The lowest BCUT2D eigenvalue weighted by molar-refractivity contribution is 0.0733. The highest BCUT2D eigenvalue weighted by molar-refractivity contribution is 5.80. The first-order valence-corrected chi connectivity index (χ1v) is 9.10. The zero-order valence-electron chi connectivity index (χ0n) is 15.9. The molecule has 1 fully saturated rings. The van der Waals surface area contributed by atoms with Gasteiger partial charge in [-0.05, 0) is 43.4 Å². The number of halogens is 1. The molecule has 1 aliphatic rings. The van der Waals surface area contributed by atoms with Gasteiger partial charge in [0.25, 0.3) is 0 Å². The molecule has 26 heavy (non-hydrogen) atoms. The highest BCUT2D eigenvalue weighted by atomic mass is 19.1. The van der Waals surface area contributed by atoms with E-state index in [-0.39, 0.29) is 11.9 Å². The summed E-state index contributed by atoms with van der Waals surface area (Å²) in [6.07, 6.45) is 2.37. The van der Waals surface area contributed by atoms with Crippen LogP contribution in [0.1, 0.15) is 31.4 Å². The van der Waals surface area contributed by atoms with Crippen molar-refractivity contribution >= 4 is 5.96 Å². The van der Waals surface area contributed by atoms with Crippen LogP contribution in [0.25, 0.3) is 0 Å². The standard InChI is InChI=1S/C19H30FN3O3/c1-14(23-19(21-2)22-8-9-25-11-10-24-3)16-6-7-18(17(20)12-16)26-13-15-4-5-15/h6-7,12,14-15H,4-5,8-11,13H2,1-3H3,(H2,21,22,23). The fraction of sp³-hybridized carbons (Fsp3) is 0.632.